The molecule has 1 aromatic carbocycles. The third kappa shape index (κ3) is 2.65. The summed E-state index contributed by atoms with van der Waals surface area (Å²) >= 11 is 3.42. The molecule has 3 nitrogen and oxygen atoms in total. The van der Waals surface area contributed by atoms with Gasteiger partial charge in [-0.3, -0.25) is 4.68 Å². The lowest BCUT2D eigenvalue weighted by Gasteiger charge is -2.26. The van der Waals surface area contributed by atoms with Crippen LogP contribution in [0.5, 0.6) is 0 Å². The number of hydrogen-bond acceptors (Lipinski definition) is 2. The number of aromatic nitrogens is 2. The summed E-state index contributed by atoms with van der Waals surface area (Å²) < 4.78 is 16.2. The van der Waals surface area contributed by atoms with Gasteiger partial charge in [0.25, 0.3) is 0 Å². The Balaban J connectivity index is 2.53. The Hall–Kier alpha value is -1.20. The third-order valence-corrected chi connectivity index (χ3v) is 4.01. The molecule has 20 heavy (non-hydrogen) atoms. The zero-order chi connectivity index (χ0) is 14.9. The number of benzene rings is 1. The second-order valence-electron chi connectivity index (χ2n) is 5.10. The topological polar surface area (TPSA) is 38.0 Å². The summed E-state index contributed by atoms with van der Waals surface area (Å²) in [6, 6.07) is 4.80. The fraction of sp³-hybridized carbons (Fsp3) is 0.400. The Morgan fingerprint density at radius 3 is 2.75 bits per heavy atom. The van der Waals surface area contributed by atoms with E-state index in [2.05, 4.69) is 21.0 Å². The zero-order valence-corrected chi connectivity index (χ0v) is 13.4. The molecule has 2 aromatic rings. The highest BCUT2D eigenvalue weighted by atomic mass is 79.9. The molecular weight excluding hydrogens is 323 g/mol. The highest BCUT2D eigenvalue weighted by Crippen LogP contribution is 2.34. The van der Waals surface area contributed by atoms with Crippen molar-refractivity contribution in [1.82, 2.24) is 9.78 Å². The lowest BCUT2D eigenvalue weighted by atomic mass is 9.91. The summed E-state index contributed by atoms with van der Waals surface area (Å²) in [6.45, 7) is 6.10. The van der Waals surface area contributed by atoms with Gasteiger partial charge in [-0.2, -0.15) is 5.10 Å². The number of nitrogens with zero attached hydrogens (tertiary/aromatic N) is 2. The molecule has 1 N–H and O–H groups in total. The predicted octanol–water partition coefficient (Wildman–Crippen LogP) is 3.76. The molecule has 0 aliphatic rings. The number of aliphatic hydroxyl groups is 1. The van der Waals surface area contributed by atoms with E-state index >= 15 is 0 Å². The number of halogens is 2. The van der Waals surface area contributed by atoms with Crippen LogP contribution in [0.25, 0.3) is 0 Å². The smallest absolute Gasteiger partial charge is 0.130 e. The van der Waals surface area contributed by atoms with Gasteiger partial charge in [0, 0.05) is 6.54 Å². The standard InChI is InChI=1S/C15H18BrFN2O/c1-4-7-19-14(12(16)9-18-19)15(3,20)11-6-5-10(2)13(17)8-11/h5-6,8-9,20H,4,7H2,1-3H3. The summed E-state index contributed by atoms with van der Waals surface area (Å²) in [7, 11) is 0. The molecule has 0 amide bonds. The second-order valence-corrected chi connectivity index (χ2v) is 5.95. The van der Waals surface area contributed by atoms with Crippen LogP contribution in [0.2, 0.25) is 0 Å². The van der Waals surface area contributed by atoms with Gasteiger partial charge in [-0.25, -0.2) is 4.39 Å². The van der Waals surface area contributed by atoms with Crippen molar-refractivity contribution in [3.05, 3.63) is 51.5 Å². The maximum atomic E-state index is 13.8. The van der Waals surface area contributed by atoms with Crippen molar-refractivity contribution in [2.45, 2.75) is 39.3 Å². The third-order valence-electron chi connectivity index (χ3n) is 3.43. The molecule has 2 rings (SSSR count). The number of rotatable bonds is 4. The molecule has 1 aromatic heterocycles. The second kappa shape index (κ2) is 5.66. The molecule has 0 aliphatic heterocycles. The summed E-state index contributed by atoms with van der Waals surface area (Å²) in [6.07, 6.45) is 2.56. The van der Waals surface area contributed by atoms with Gasteiger partial charge in [0.1, 0.15) is 11.4 Å². The van der Waals surface area contributed by atoms with Gasteiger partial charge in [0.2, 0.25) is 0 Å². The van der Waals surface area contributed by atoms with Crippen LogP contribution in [-0.2, 0) is 12.1 Å². The van der Waals surface area contributed by atoms with E-state index in [9.17, 15) is 9.50 Å². The SMILES string of the molecule is CCCn1ncc(Br)c1C(C)(O)c1ccc(C)c(F)c1. The molecule has 0 spiro atoms. The highest BCUT2D eigenvalue weighted by Gasteiger charge is 2.32. The first-order chi connectivity index (χ1) is 9.37. The van der Waals surface area contributed by atoms with Gasteiger partial charge in [-0.15, -0.1) is 0 Å². The van der Waals surface area contributed by atoms with Crippen molar-refractivity contribution in [3.63, 3.8) is 0 Å². The van der Waals surface area contributed by atoms with Crippen LogP contribution in [0.15, 0.2) is 28.9 Å². The quantitative estimate of drug-likeness (QED) is 0.920. The molecule has 0 aliphatic carbocycles. The number of aryl methyl sites for hydroxylation is 2. The van der Waals surface area contributed by atoms with Gasteiger partial charge in [-0.1, -0.05) is 19.1 Å². The first kappa shape index (κ1) is 15.2. The Labute approximate surface area is 126 Å². The van der Waals surface area contributed by atoms with Crippen molar-refractivity contribution >= 4 is 15.9 Å². The van der Waals surface area contributed by atoms with Crippen LogP contribution in [-0.4, -0.2) is 14.9 Å². The Morgan fingerprint density at radius 1 is 1.45 bits per heavy atom. The molecule has 0 saturated carbocycles. The van der Waals surface area contributed by atoms with Crippen molar-refractivity contribution in [1.29, 1.82) is 0 Å². The van der Waals surface area contributed by atoms with Gasteiger partial charge < -0.3 is 5.11 Å². The normalized spacial score (nSPS) is 14.3. The summed E-state index contributed by atoms with van der Waals surface area (Å²) in [5, 5.41) is 15.1. The van der Waals surface area contributed by atoms with Crippen molar-refractivity contribution in [2.24, 2.45) is 0 Å². The van der Waals surface area contributed by atoms with Crippen LogP contribution in [0, 0.1) is 12.7 Å². The Morgan fingerprint density at radius 2 is 2.15 bits per heavy atom. The number of hydrogen-bond donors (Lipinski definition) is 1. The molecule has 1 atom stereocenters. The van der Waals surface area contributed by atoms with Crippen molar-refractivity contribution in [2.75, 3.05) is 0 Å². The molecule has 0 radical (unpaired) electrons. The fourth-order valence-electron chi connectivity index (χ4n) is 2.26. The molecule has 1 unspecified atom stereocenters. The average molecular weight is 341 g/mol. The molecular formula is C15H18BrFN2O. The lowest BCUT2D eigenvalue weighted by Crippen LogP contribution is -2.27. The Bertz CT molecular complexity index is 622. The molecule has 0 fully saturated rings. The van der Waals surface area contributed by atoms with Crippen LogP contribution < -0.4 is 0 Å². The highest BCUT2D eigenvalue weighted by molar-refractivity contribution is 9.10. The minimum absolute atomic E-state index is 0.319. The predicted molar refractivity (Wildman–Crippen MR) is 80.0 cm³/mol. The monoisotopic (exact) mass is 340 g/mol. The van der Waals surface area contributed by atoms with E-state index in [4.69, 9.17) is 0 Å². The summed E-state index contributed by atoms with van der Waals surface area (Å²) in [5.74, 6) is -0.319. The Kier molecular flexibility index (Phi) is 4.30. The summed E-state index contributed by atoms with van der Waals surface area (Å²) in [5.41, 5.74) is 0.409. The minimum atomic E-state index is -1.31. The largest absolute Gasteiger partial charge is 0.379 e. The van der Waals surface area contributed by atoms with E-state index in [-0.39, 0.29) is 5.82 Å². The molecule has 0 saturated heterocycles. The van der Waals surface area contributed by atoms with Crippen molar-refractivity contribution < 1.29 is 9.50 Å². The van der Waals surface area contributed by atoms with E-state index in [0.717, 1.165) is 10.9 Å². The fourth-order valence-corrected chi connectivity index (χ4v) is 2.94. The average Bonchev–Trinajstić information content (AvgIpc) is 2.75. The van der Waals surface area contributed by atoms with Crippen LogP contribution in [0.4, 0.5) is 4.39 Å². The van der Waals surface area contributed by atoms with E-state index in [0.29, 0.717) is 23.4 Å². The zero-order valence-electron chi connectivity index (χ0n) is 11.8. The van der Waals surface area contributed by atoms with Gasteiger partial charge in [0.05, 0.1) is 16.4 Å². The molecule has 108 valence electrons. The molecule has 1 heterocycles. The van der Waals surface area contributed by atoms with E-state index in [1.807, 2.05) is 6.92 Å². The van der Waals surface area contributed by atoms with Gasteiger partial charge in [-0.05, 0) is 53.4 Å². The van der Waals surface area contributed by atoms with Gasteiger partial charge in [0.15, 0.2) is 0 Å². The van der Waals surface area contributed by atoms with Crippen LogP contribution in [0.3, 0.4) is 0 Å². The van der Waals surface area contributed by atoms with Crippen molar-refractivity contribution in [3.8, 4) is 0 Å². The van der Waals surface area contributed by atoms with Gasteiger partial charge >= 0.3 is 0 Å². The first-order valence-corrected chi connectivity index (χ1v) is 7.38. The summed E-state index contributed by atoms with van der Waals surface area (Å²) in [4.78, 5) is 0. The molecule has 5 heteroatoms. The van der Waals surface area contributed by atoms with E-state index in [1.54, 1.807) is 36.9 Å². The first-order valence-electron chi connectivity index (χ1n) is 6.58. The van der Waals surface area contributed by atoms with E-state index in [1.165, 1.54) is 6.07 Å². The van der Waals surface area contributed by atoms with Crippen LogP contribution in [0.1, 0.15) is 37.1 Å². The lowest BCUT2D eigenvalue weighted by molar-refractivity contribution is 0.0902. The maximum absolute atomic E-state index is 13.8. The molecule has 0 bridgehead atoms. The maximum Gasteiger partial charge on any atom is 0.130 e. The minimum Gasteiger partial charge on any atom is -0.379 e. The van der Waals surface area contributed by atoms with Crippen LogP contribution >= 0.6 is 15.9 Å². The van der Waals surface area contributed by atoms with E-state index < -0.39 is 5.60 Å².